The highest BCUT2D eigenvalue weighted by Gasteiger charge is 2.30. The summed E-state index contributed by atoms with van der Waals surface area (Å²) in [6, 6.07) is 3.51. The fraction of sp³-hybridized carbons (Fsp3) is 0.562. The summed E-state index contributed by atoms with van der Waals surface area (Å²) in [5.41, 5.74) is 0. The lowest BCUT2D eigenvalue weighted by Gasteiger charge is -2.37. The number of aromatic nitrogens is 1. The minimum atomic E-state index is -0.822. The summed E-state index contributed by atoms with van der Waals surface area (Å²) in [5, 5.41) is 8.84. The molecule has 1 amide bonds. The van der Waals surface area contributed by atoms with Crippen molar-refractivity contribution in [3.63, 3.8) is 0 Å². The molecular weight excluding hydrogens is 284 g/mol. The average molecular weight is 306 g/mol. The maximum absolute atomic E-state index is 12.6. The second kappa shape index (κ2) is 7.77. The highest BCUT2D eigenvalue weighted by atomic mass is 16.5. The number of hydrogen-bond acceptors (Lipinski definition) is 4. The van der Waals surface area contributed by atoms with Crippen LogP contribution in [0.4, 0.5) is 0 Å². The Kier molecular flexibility index (Phi) is 5.75. The summed E-state index contributed by atoms with van der Waals surface area (Å²) in [6.45, 7) is 2.39. The molecule has 1 saturated heterocycles. The van der Waals surface area contributed by atoms with Crippen molar-refractivity contribution in [2.24, 2.45) is 0 Å². The third kappa shape index (κ3) is 4.44. The van der Waals surface area contributed by atoms with Gasteiger partial charge in [-0.3, -0.25) is 14.6 Å². The SMILES string of the molecule is CC(Oc1cccnc1)C(=O)N1CCCCC1CCC(=O)O. The van der Waals surface area contributed by atoms with Gasteiger partial charge in [0.2, 0.25) is 0 Å². The molecule has 1 aliphatic rings. The molecule has 1 aromatic rings. The first-order valence-electron chi connectivity index (χ1n) is 7.67. The van der Waals surface area contributed by atoms with Crippen LogP contribution in [0, 0.1) is 0 Å². The van der Waals surface area contributed by atoms with Crippen molar-refractivity contribution in [1.82, 2.24) is 9.88 Å². The van der Waals surface area contributed by atoms with Crippen molar-refractivity contribution in [2.75, 3.05) is 6.54 Å². The van der Waals surface area contributed by atoms with Crippen molar-refractivity contribution >= 4 is 11.9 Å². The topological polar surface area (TPSA) is 79.7 Å². The number of likely N-dealkylation sites (tertiary alicyclic amines) is 1. The minimum Gasteiger partial charge on any atom is -0.481 e. The van der Waals surface area contributed by atoms with Crippen LogP contribution in [0.2, 0.25) is 0 Å². The van der Waals surface area contributed by atoms with Gasteiger partial charge < -0.3 is 14.7 Å². The Morgan fingerprint density at radius 1 is 1.50 bits per heavy atom. The zero-order valence-electron chi connectivity index (χ0n) is 12.8. The van der Waals surface area contributed by atoms with Gasteiger partial charge in [0.25, 0.3) is 5.91 Å². The van der Waals surface area contributed by atoms with Crippen molar-refractivity contribution in [3.8, 4) is 5.75 Å². The predicted octanol–water partition coefficient (Wildman–Crippen LogP) is 2.09. The molecule has 0 spiro atoms. The molecular formula is C16H22N2O4. The Hall–Kier alpha value is -2.11. The van der Waals surface area contributed by atoms with Gasteiger partial charge >= 0.3 is 5.97 Å². The molecule has 0 bridgehead atoms. The van der Waals surface area contributed by atoms with Gasteiger partial charge in [0.15, 0.2) is 6.10 Å². The maximum atomic E-state index is 12.6. The monoisotopic (exact) mass is 306 g/mol. The zero-order valence-corrected chi connectivity index (χ0v) is 12.8. The number of aliphatic carboxylic acids is 1. The molecule has 6 heteroatoms. The van der Waals surface area contributed by atoms with Gasteiger partial charge in [-0.2, -0.15) is 0 Å². The molecule has 1 aliphatic heterocycles. The van der Waals surface area contributed by atoms with Gasteiger partial charge in [0.1, 0.15) is 5.75 Å². The van der Waals surface area contributed by atoms with E-state index < -0.39 is 12.1 Å². The number of hydrogen-bond donors (Lipinski definition) is 1. The number of carbonyl (C=O) groups is 2. The molecule has 0 saturated carbocycles. The average Bonchev–Trinajstić information content (AvgIpc) is 2.53. The molecule has 6 nitrogen and oxygen atoms in total. The summed E-state index contributed by atoms with van der Waals surface area (Å²) in [6.07, 6.45) is 6.05. The molecule has 0 radical (unpaired) electrons. The Balaban J connectivity index is 1.97. The van der Waals surface area contributed by atoms with Crippen LogP contribution in [0.25, 0.3) is 0 Å². The molecule has 1 fully saturated rings. The van der Waals surface area contributed by atoms with E-state index in [9.17, 15) is 9.59 Å². The van der Waals surface area contributed by atoms with Gasteiger partial charge in [-0.25, -0.2) is 0 Å². The molecule has 1 N–H and O–H groups in total. The Morgan fingerprint density at radius 2 is 2.32 bits per heavy atom. The molecule has 2 rings (SSSR count). The van der Waals surface area contributed by atoms with E-state index in [4.69, 9.17) is 9.84 Å². The number of carboxylic acids is 1. The van der Waals surface area contributed by atoms with E-state index in [1.165, 1.54) is 0 Å². The van der Waals surface area contributed by atoms with Crippen molar-refractivity contribution in [3.05, 3.63) is 24.5 Å². The summed E-state index contributed by atoms with van der Waals surface area (Å²) in [4.78, 5) is 29.1. The lowest BCUT2D eigenvalue weighted by atomic mass is 9.97. The molecule has 1 aromatic heterocycles. The van der Waals surface area contributed by atoms with Crippen LogP contribution in [0.1, 0.15) is 39.0 Å². The first kappa shape index (κ1) is 16.3. The fourth-order valence-electron chi connectivity index (χ4n) is 2.79. The van der Waals surface area contributed by atoms with Crippen LogP contribution < -0.4 is 4.74 Å². The van der Waals surface area contributed by atoms with Gasteiger partial charge in [0, 0.05) is 25.2 Å². The van der Waals surface area contributed by atoms with E-state index in [0.717, 1.165) is 19.3 Å². The third-order valence-corrected chi connectivity index (χ3v) is 3.90. The lowest BCUT2D eigenvalue weighted by Crippen LogP contribution is -2.49. The van der Waals surface area contributed by atoms with Gasteiger partial charge in [-0.15, -0.1) is 0 Å². The van der Waals surface area contributed by atoms with Gasteiger partial charge in [-0.05, 0) is 44.7 Å². The first-order chi connectivity index (χ1) is 10.6. The van der Waals surface area contributed by atoms with Crippen LogP contribution in [-0.4, -0.2) is 45.6 Å². The molecule has 0 aromatic carbocycles. The number of ether oxygens (including phenoxy) is 1. The fourth-order valence-corrected chi connectivity index (χ4v) is 2.79. The standard InChI is InChI=1S/C16H22N2O4/c1-12(22-14-6-4-9-17-11-14)16(21)18-10-3-2-5-13(18)7-8-15(19)20/h4,6,9,11-13H,2-3,5,7-8,10H2,1H3,(H,19,20). The van der Waals surface area contributed by atoms with E-state index >= 15 is 0 Å². The summed E-state index contributed by atoms with van der Waals surface area (Å²) < 4.78 is 5.63. The van der Waals surface area contributed by atoms with Crippen molar-refractivity contribution in [1.29, 1.82) is 0 Å². The van der Waals surface area contributed by atoms with E-state index in [0.29, 0.717) is 18.7 Å². The molecule has 22 heavy (non-hydrogen) atoms. The minimum absolute atomic E-state index is 0.00250. The molecule has 2 heterocycles. The number of piperidine rings is 1. The number of rotatable bonds is 6. The third-order valence-electron chi connectivity index (χ3n) is 3.90. The maximum Gasteiger partial charge on any atom is 0.303 e. The van der Waals surface area contributed by atoms with Crippen LogP contribution >= 0.6 is 0 Å². The molecule has 120 valence electrons. The second-order valence-corrected chi connectivity index (χ2v) is 5.56. The zero-order chi connectivity index (χ0) is 15.9. The van der Waals surface area contributed by atoms with Crippen molar-refractivity contribution < 1.29 is 19.4 Å². The van der Waals surface area contributed by atoms with E-state index in [2.05, 4.69) is 4.98 Å². The van der Waals surface area contributed by atoms with Gasteiger partial charge in [-0.1, -0.05) is 0 Å². The van der Waals surface area contributed by atoms with E-state index in [1.807, 2.05) is 0 Å². The smallest absolute Gasteiger partial charge is 0.303 e. The van der Waals surface area contributed by atoms with E-state index in [-0.39, 0.29) is 18.4 Å². The van der Waals surface area contributed by atoms with Crippen molar-refractivity contribution in [2.45, 2.75) is 51.2 Å². The quantitative estimate of drug-likeness (QED) is 0.870. The highest BCUT2D eigenvalue weighted by Crippen LogP contribution is 2.22. The Morgan fingerprint density at radius 3 is 3.00 bits per heavy atom. The summed E-state index contributed by atoms with van der Waals surface area (Å²) in [7, 11) is 0. The number of pyridine rings is 1. The number of nitrogens with zero attached hydrogens (tertiary/aromatic N) is 2. The normalized spacial score (nSPS) is 19.5. The van der Waals surface area contributed by atoms with E-state index in [1.54, 1.807) is 36.4 Å². The molecule has 2 atom stereocenters. The Labute approximate surface area is 130 Å². The summed E-state index contributed by atoms with van der Waals surface area (Å²) in [5.74, 6) is -0.348. The Bertz CT molecular complexity index is 506. The lowest BCUT2D eigenvalue weighted by molar-refractivity contribution is -0.144. The van der Waals surface area contributed by atoms with Crippen LogP contribution in [0.5, 0.6) is 5.75 Å². The second-order valence-electron chi connectivity index (χ2n) is 5.56. The number of amides is 1. The molecule has 2 unspecified atom stereocenters. The van der Waals surface area contributed by atoms with Crippen LogP contribution in [0.15, 0.2) is 24.5 Å². The van der Waals surface area contributed by atoms with Crippen LogP contribution in [0.3, 0.4) is 0 Å². The molecule has 0 aliphatic carbocycles. The highest BCUT2D eigenvalue weighted by molar-refractivity contribution is 5.81. The largest absolute Gasteiger partial charge is 0.481 e. The first-order valence-corrected chi connectivity index (χ1v) is 7.67. The predicted molar refractivity (Wildman–Crippen MR) is 80.5 cm³/mol. The van der Waals surface area contributed by atoms with Crippen LogP contribution in [-0.2, 0) is 9.59 Å². The van der Waals surface area contributed by atoms with Gasteiger partial charge in [0.05, 0.1) is 6.20 Å². The number of carbonyl (C=O) groups excluding carboxylic acids is 1. The summed E-state index contributed by atoms with van der Waals surface area (Å²) >= 11 is 0. The number of carboxylic acid groups (broad SMARTS) is 1.